The quantitative estimate of drug-likeness (QED) is 0.693. The van der Waals surface area contributed by atoms with Crippen LogP contribution in [-0.4, -0.2) is 53.3 Å². The molecule has 1 heterocycles. The molecule has 0 aliphatic carbocycles. The van der Waals surface area contributed by atoms with Gasteiger partial charge in [0.2, 0.25) is 5.91 Å². The predicted molar refractivity (Wildman–Crippen MR) is 109 cm³/mol. The fourth-order valence-electron chi connectivity index (χ4n) is 2.91. The molecule has 1 unspecified atom stereocenters. The molecule has 0 bridgehead atoms. The summed E-state index contributed by atoms with van der Waals surface area (Å²) in [6.07, 6.45) is 1.02. The second kappa shape index (κ2) is 10.5. The SMILES string of the molecule is CCOC(=O)NC(C(=O)N(C)CCCc1cc(-c2ccccc2)n[nH]1)C(C)C. The first kappa shape index (κ1) is 21.5. The third-order valence-corrected chi connectivity index (χ3v) is 4.50. The average molecular weight is 386 g/mol. The van der Waals surface area contributed by atoms with Crippen molar-refractivity contribution in [3.63, 3.8) is 0 Å². The van der Waals surface area contributed by atoms with Gasteiger partial charge in [0.25, 0.3) is 0 Å². The Morgan fingerprint density at radius 3 is 2.61 bits per heavy atom. The van der Waals surface area contributed by atoms with Crippen molar-refractivity contribution >= 4 is 12.0 Å². The maximum atomic E-state index is 12.7. The summed E-state index contributed by atoms with van der Waals surface area (Å²) < 4.78 is 4.90. The molecule has 7 nitrogen and oxygen atoms in total. The lowest BCUT2D eigenvalue weighted by Gasteiger charge is -2.26. The molecule has 7 heteroatoms. The predicted octanol–water partition coefficient (Wildman–Crippen LogP) is 3.24. The van der Waals surface area contributed by atoms with E-state index in [4.69, 9.17) is 4.74 Å². The number of nitrogens with one attached hydrogen (secondary N) is 2. The van der Waals surface area contributed by atoms with E-state index < -0.39 is 12.1 Å². The Hall–Kier alpha value is -2.83. The minimum Gasteiger partial charge on any atom is -0.450 e. The standard InChI is InChI=1S/C21H30N4O3/c1-5-28-21(27)22-19(15(2)3)20(26)25(4)13-9-12-17-14-18(24-23-17)16-10-7-6-8-11-16/h6-8,10-11,14-15,19H,5,9,12-13H2,1-4H3,(H,22,27)(H,23,24). The molecule has 2 aromatic rings. The Kier molecular flexibility index (Phi) is 8.04. The molecule has 1 aromatic heterocycles. The van der Waals surface area contributed by atoms with Gasteiger partial charge in [-0.05, 0) is 31.7 Å². The largest absolute Gasteiger partial charge is 0.450 e. The Bertz CT molecular complexity index is 758. The lowest BCUT2D eigenvalue weighted by Crippen LogP contribution is -2.50. The van der Waals surface area contributed by atoms with Crippen LogP contribution in [0.3, 0.4) is 0 Å². The number of rotatable bonds is 9. The first-order valence-corrected chi connectivity index (χ1v) is 9.70. The maximum absolute atomic E-state index is 12.7. The molecule has 1 atom stereocenters. The van der Waals surface area contributed by atoms with Crippen LogP contribution in [0.4, 0.5) is 4.79 Å². The molecule has 0 aliphatic rings. The van der Waals surface area contributed by atoms with Gasteiger partial charge in [-0.1, -0.05) is 44.2 Å². The van der Waals surface area contributed by atoms with Gasteiger partial charge in [-0.2, -0.15) is 5.10 Å². The summed E-state index contributed by atoms with van der Waals surface area (Å²) in [6.45, 7) is 6.40. The molecular formula is C21H30N4O3. The van der Waals surface area contributed by atoms with E-state index in [9.17, 15) is 9.59 Å². The smallest absolute Gasteiger partial charge is 0.407 e. The fourth-order valence-corrected chi connectivity index (χ4v) is 2.91. The van der Waals surface area contributed by atoms with Crippen molar-refractivity contribution in [1.82, 2.24) is 20.4 Å². The molecule has 152 valence electrons. The Balaban J connectivity index is 1.85. The van der Waals surface area contributed by atoms with Crippen LogP contribution in [0.5, 0.6) is 0 Å². The zero-order valence-electron chi connectivity index (χ0n) is 17.1. The van der Waals surface area contributed by atoms with E-state index in [0.717, 1.165) is 29.8 Å². The average Bonchev–Trinajstić information content (AvgIpc) is 3.15. The van der Waals surface area contributed by atoms with Crippen LogP contribution in [0, 0.1) is 5.92 Å². The van der Waals surface area contributed by atoms with Crippen molar-refractivity contribution < 1.29 is 14.3 Å². The van der Waals surface area contributed by atoms with Crippen molar-refractivity contribution in [3.05, 3.63) is 42.1 Å². The van der Waals surface area contributed by atoms with Gasteiger partial charge in [0, 0.05) is 24.8 Å². The number of carbonyl (C=O) groups excluding carboxylic acids is 2. The molecule has 1 aromatic carbocycles. The zero-order valence-corrected chi connectivity index (χ0v) is 17.1. The highest BCUT2D eigenvalue weighted by Gasteiger charge is 2.27. The molecule has 0 radical (unpaired) electrons. The topological polar surface area (TPSA) is 87.3 Å². The highest BCUT2D eigenvalue weighted by Crippen LogP contribution is 2.17. The number of aryl methyl sites for hydroxylation is 1. The summed E-state index contributed by atoms with van der Waals surface area (Å²) in [7, 11) is 1.76. The summed E-state index contributed by atoms with van der Waals surface area (Å²) in [5, 5.41) is 10.1. The van der Waals surface area contributed by atoms with Gasteiger partial charge in [0.1, 0.15) is 6.04 Å². The zero-order chi connectivity index (χ0) is 20.5. The van der Waals surface area contributed by atoms with Crippen LogP contribution in [0.25, 0.3) is 11.3 Å². The van der Waals surface area contributed by atoms with Crippen molar-refractivity contribution in [2.45, 2.75) is 39.7 Å². The van der Waals surface area contributed by atoms with E-state index >= 15 is 0 Å². The van der Waals surface area contributed by atoms with Crippen LogP contribution in [0.2, 0.25) is 0 Å². The highest BCUT2D eigenvalue weighted by atomic mass is 16.5. The van der Waals surface area contributed by atoms with Gasteiger partial charge < -0.3 is 15.0 Å². The molecular weight excluding hydrogens is 356 g/mol. The van der Waals surface area contributed by atoms with Crippen LogP contribution >= 0.6 is 0 Å². The number of benzene rings is 1. The molecule has 0 saturated heterocycles. The minimum absolute atomic E-state index is 0.0274. The summed E-state index contributed by atoms with van der Waals surface area (Å²) in [6, 6.07) is 11.4. The second-order valence-corrected chi connectivity index (χ2v) is 7.09. The van der Waals surface area contributed by atoms with Gasteiger partial charge in [0.15, 0.2) is 0 Å². The summed E-state index contributed by atoms with van der Waals surface area (Å²) in [5.74, 6) is -0.141. The number of likely N-dealkylation sites (N-methyl/N-ethyl adjacent to an activating group) is 1. The van der Waals surface area contributed by atoms with Crippen molar-refractivity contribution in [2.75, 3.05) is 20.2 Å². The molecule has 0 spiro atoms. The molecule has 2 rings (SSSR count). The Labute approximate surface area is 166 Å². The molecule has 0 fully saturated rings. The molecule has 28 heavy (non-hydrogen) atoms. The van der Waals surface area contributed by atoms with Crippen LogP contribution < -0.4 is 5.32 Å². The Morgan fingerprint density at radius 2 is 1.96 bits per heavy atom. The molecule has 0 saturated carbocycles. The third kappa shape index (κ3) is 6.11. The first-order chi connectivity index (χ1) is 13.4. The number of carbonyl (C=O) groups is 2. The van der Waals surface area contributed by atoms with Gasteiger partial charge >= 0.3 is 6.09 Å². The number of hydrogen-bond acceptors (Lipinski definition) is 4. The van der Waals surface area contributed by atoms with Crippen LogP contribution in [-0.2, 0) is 16.0 Å². The normalized spacial score (nSPS) is 11.9. The van der Waals surface area contributed by atoms with Gasteiger partial charge in [0.05, 0.1) is 12.3 Å². The van der Waals surface area contributed by atoms with E-state index in [1.54, 1.807) is 18.9 Å². The van der Waals surface area contributed by atoms with E-state index in [0.29, 0.717) is 6.54 Å². The monoisotopic (exact) mass is 386 g/mol. The van der Waals surface area contributed by atoms with E-state index in [-0.39, 0.29) is 18.4 Å². The molecule has 0 aliphatic heterocycles. The van der Waals surface area contributed by atoms with E-state index in [1.165, 1.54) is 0 Å². The number of H-pyrrole nitrogens is 1. The highest BCUT2D eigenvalue weighted by molar-refractivity contribution is 5.85. The van der Waals surface area contributed by atoms with Gasteiger partial charge in [-0.3, -0.25) is 9.89 Å². The van der Waals surface area contributed by atoms with Crippen molar-refractivity contribution in [1.29, 1.82) is 0 Å². The number of ether oxygens (including phenoxy) is 1. The van der Waals surface area contributed by atoms with Gasteiger partial charge in [-0.15, -0.1) is 0 Å². The number of amides is 2. The number of nitrogens with zero attached hydrogens (tertiary/aromatic N) is 2. The lowest BCUT2D eigenvalue weighted by atomic mass is 10.0. The van der Waals surface area contributed by atoms with Gasteiger partial charge in [-0.25, -0.2) is 4.79 Å². The summed E-state index contributed by atoms with van der Waals surface area (Å²) >= 11 is 0. The van der Waals surface area contributed by atoms with E-state index in [2.05, 4.69) is 15.5 Å². The number of hydrogen-bond donors (Lipinski definition) is 2. The minimum atomic E-state index is -0.596. The molecule has 2 amide bonds. The van der Waals surface area contributed by atoms with Crippen LogP contribution in [0.15, 0.2) is 36.4 Å². The Morgan fingerprint density at radius 1 is 1.25 bits per heavy atom. The van der Waals surface area contributed by atoms with E-state index in [1.807, 2.05) is 50.2 Å². The van der Waals surface area contributed by atoms with Crippen LogP contribution in [0.1, 0.15) is 32.9 Å². The van der Waals surface area contributed by atoms with Crippen molar-refractivity contribution in [2.24, 2.45) is 5.92 Å². The lowest BCUT2D eigenvalue weighted by molar-refractivity contribution is -0.133. The fraction of sp³-hybridized carbons (Fsp3) is 0.476. The molecule has 2 N–H and O–H groups in total. The third-order valence-electron chi connectivity index (χ3n) is 4.50. The maximum Gasteiger partial charge on any atom is 0.407 e. The summed E-state index contributed by atoms with van der Waals surface area (Å²) in [4.78, 5) is 26.0. The van der Waals surface area contributed by atoms with Crippen molar-refractivity contribution in [3.8, 4) is 11.3 Å². The number of aromatic nitrogens is 2. The number of alkyl carbamates (subject to hydrolysis) is 1. The second-order valence-electron chi connectivity index (χ2n) is 7.09. The summed E-state index contributed by atoms with van der Waals surface area (Å²) in [5.41, 5.74) is 3.02. The first-order valence-electron chi connectivity index (χ1n) is 9.70. The number of aromatic amines is 1.